The number of benzene rings is 1. The van der Waals surface area contributed by atoms with Crippen molar-refractivity contribution in [2.75, 3.05) is 40.0 Å². The molecule has 106 valence electrons. The van der Waals surface area contributed by atoms with Crippen LogP contribution in [0.5, 0.6) is 5.75 Å². The lowest BCUT2D eigenvalue weighted by Gasteiger charge is -2.24. The Kier molecular flexibility index (Phi) is 6.10. The van der Waals surface area contributed by atoms with E-state index in [0.717, 1.165) is 49.5 Å². The van der Waals surface area contributed by atoms with Gasteiger partial charge >= 0.3 is 0 Å². The number of nitrogens with one attached hydrogen (secondary N) is 2. The van der Waals surface area contributed by atoms with Crippen molar-refractivity contribution in [2.45, 2.75) is 12.5 Å². The molecule has 1 aromatic rings. The molecule has 1 heterocycles. The number of methoxy groups -OCH3 is 1. The van der Waals surface area contributed by atoms with Crippen LogP contribution >= 0.6 is 15.9 Å². The van der Waals surface area contributed by atoms with E-state index in [1.807, 2.05) is 6.07 Å². The van der Waals surface area contributed by atoms with Gasteiger partial charge in [-0.25, -0.2) is 0 Å². The third kappa shape index (κ3) is 4.76. The summed E-state index contributed by atoms with van der Waals surface area (Å²) < 4.78 is 11.6. The van der Waals surface area contributed by atoms with Crippen LogP contribution in [-0.4, -0.2) is 46.0 Å². The molecular formula is C14H21BrN2O2. The summed E-state index contributed by atoms with van der Waals surface area (Å²) >= 11 is 3.51. The molecule has 0 amide bonds. The van der Waals surface area contributed by atoms with Gasteiger partial charge in [0.2, 0.25) is 0 Å². The molecule has 0 aromatic heterocycles. The maximum absolute atomic E-state index is 5.42. The lowest BCUT2D eigenvalue weighted by atomic mass is 10.1. The van der Waals surface area contributed by atoms with Crippen LogP contribution in [0.2, 0.25) is 0 Å². The van der Waals surface area contributed by atoms with Gasteiger partial charge < -0.3 is 20.1 Å². The molecule has 0 aliphatic carbocycles. The average molecular weight is 329 g/mol. The molecule has 19 heavy (non-hydrogen) atoms. The minimum Gasteiger partial charge on any atom is -0.496 e. The Morgan fingerprint density at radius 1 is 1.53 bits per heavy atom. The molecule has 2 rings (SSSR count). The van der Waals surface area contributed by atoms with Crippen LogP contribution in [0.15, 0.2) is 22.7 Å². The average Bonchev–Trinajstić information content (AvgIpc) is 2.45. The van der Waals surface area contributed by atoms with Gasteiger partial charge in [0.15, 0.2) is 0 Å². The van der Waals surface area contributed by atoms with E-state index < -0.39 is 0 Å². The number of hydrogen-bond acceptors (Lipinski definition) is 4. The first-order valence-electron chi connectivity index (χ1n) is 6.64. The fourth-order valence-corrected chi connectivity index (χ4v) is 2.71. The van der Waals surface area contributed by atoms with Crippen molar-refractivity contribution >= 4 is 15.9 Å². The van der Waals surface area contributed by atoms with Gasteiger partial charge in [-0.2, -0.15) is 0 Å². The quantitative estimate of drug-likeness (QED) is 0.778. The second-order valence-corrected chi connectivity index (χ2v) is 5.50. The summed E-state index contributed by atoms with van der Waals surface area (Å²) in [5.41, 5.74) is 1.30. The molecule has 0 saturated carbocycles. The monoisotopic (exact) mass is 328 g/mol. The van der Waals surface area contributed by atoms with Crippen molar-refractivity contribution in [2.24, 2.45) is 0 Å². The Morgan fingerprint density at radius 3 is 3.11 bits per heavy atom. The van der Waals surface area contributed by atoms with Gasteiger partial charge in [0, 0.05) is 19.1 Å². The van der Waals surface area contributed by atoms with Crippen LogP contribution < -0.4 is 15.4 Å². The summed E-state index contributed by atoms with van der Waals surface area (Å²) in [5, 5.41) is 6.89. The molecule has 1 aromatic carbocycles. The van der Waals surface area contributed by atoms with Crippen molar-refractivity contribution in [3.63, 3.8) is 0 Å². The second-order valence-electron chi connectivity index (χ2n) is 4.65. The number of rotatable bonds is 6. The van der Waals surface area contributed by atoms with Gasteiger partial charge in [0.25, 0.3) is 0 Å². The van der Waals surface area contributed by atoms with Crippen LogP contribution in [0.1, 0.15) is 5.56 Å². The Labute approximate surface area is 123 Å². The molecule has 4 nitrogen and oxygen atoms in total. The zero-order valence-electron chi connectivity index (χ0n) is 11.2. The van der Waals surface area contributed by atoms with E-state index in [9.17, 15) is 0 Å². The van der Waals surface area contributed by atoms with Gasteiger partial charge in [-0.1, -0.05) is 6.07 Å². The number of morpholine rings is 1. The molecule has 0 bridgehead atoms. The van der Waals surface area contributed by atoms with E-state index in [1.54, 1.807) is 7.11 Å². The largest absolute Gasteiger partial charge is 0.496 e. The molecule has 0 spiro atoms. The third-order valence-electron chi connectivity index (χ3n) is 3.20. The van der Waals surface area contributed by atoms with E-state index >= 15 is 0 Å². The molecule has 1 saturated heterocycles. The Morgan fingerprint density at radius 2 is 2.42 bits per heavy atom. The van der Waals surface area contributed by atoms with E-state index in [0.29, 0.717) is 6.04 Å². The normalized spacial score (nSPS) is 19.4. The summed E-state index contributed by atoms with van der Waals surface area (Å²) in [6, 6.07) is 6.66. The topological polar surface area (TPSA) is 42.5 Å². The lowest BCUT2D eigenvalue weighted by molar-refractivity contribution is 0.0768. The highest BCUT2D eigenvalue weighted by Gasteiger charge is 2.11. The highest BCUT2D eigenvalue weighted by Crippen LogP contribution is 2.25. The van der Waals surface area contributed by atoms with Crippen LogP contribution in [0.4, 0.5) is 0 Å². The minimum atomic E-state index is 0.441. The third-order valence-corrected chi connectivity index (χ3v) is 3.82. The second kappa shape index (κ2) is 7.85. The van der Waals surface area contributed by atoms with Gasteiger partial charge in [-0.15, -0.1) is 0 Å². The van der Waals surface area contributed by atoms with E-state index in [4.69, 9.17) is 9.47 Å². The van der Waals surface area contributed by atoms with E-state index in [-0.39, 0.29) is 0 Å². The van der Waals surface area contributed by atoms with Crippen LogP contribution in [0.3, 0.4) is 0 Å². The van der Waals surface area contributed by atoms with Crippen molar-refractivity contribution in [1.82, 2.24) is 10.6 Å². The first-order valence-corrected chi connectivity index (χ1v) is 7.43. The van der Waals surface area contributed by atoms with Crippen LogP contribution in [-0.2, 0) is 11.2 Å². The van der Waals surface area contributed by atoms with Crippen molar-refractivity contribution in [3.05, 3.63) is 28.2 Å². The first-order chi connectivity index (χ1) is 9.29. The van der Waals surface area contributed by atoms with Crippen molar-refractivity contribution in [1.29, 1.82) is 0 Å². The Bertz CT molecular complexity index is 395. The standard InChI is InChI=1S/C14H21BrN2O2/c1-18-14-3-2-11(8-13(14)15)4-5-16-9-12-10-19-7-6-17-12/h2-3,8,12,16-17H,4-7,9-10H2,1H3. The fourth-order valence-electron chi connectivity index (χ4n) is 2.13. The molecule has 1 unspecified atom stereocenters. The summed E-state index contributed by atoms with van der Waals surface area (Å²) in [4.78, 5) is 0. The van der Waals surface area contributed by atoms with Crippen LogP contribution in [0, 0.1) is 0 Å². The molecule has 5 heteroatoms. The fraction of sp³-hybridized carbons (Fsp3) is 0.571. The molecule has 0 radical (unpaired) electrons. The zero-order valence-corrected chi connectivity index (χ0v) is 12.8. The summed E-state index contributed by atoms with van der Waals surface area (Å²) in [5.74, 6) is 0.875. The minimum absolute atomic E-state index is 0.441. The first kappa shape index (κ1) is 14.8. The van der Waals surface area contributed by atoms with Crippen molar-refractivity contribution in [3.8, 4) is 5.75 Å². The summed E-state index contributed by atoms with van der Waals surface area (Å²) in [6.45, 7) is 4.52. The zero-order chi connectivity index (χ0) is 13.5. The smallest absolute Gasteiger partial charge is 0.133 e. The SMILES string of the molecule is COc1ccc(CCNCC2COCCN2)cc1Br. The highest BCUT2D eigenvalue weighted by molar-refractivity contribution is 9.10. The van der Waals surface area contributed by atoms with Gasteiger partial charge in [-0.3, -0.25) is 0 Å². The van der Waals surface area contributed by atoms with E-state index in [2.05, 4.69) is 38.7 Å². The number of hydrogen-bond donors (Lipinski definition) is 2. The van der Waals surface area contributed by atoms with Crippen LogP contribution in [0.25, 0.3) is 0 Å². The van der Waals surface area contributed by atoms with Crippen molar-refractivity contribution < 1.29 is 9.47 Å². The van der Waals surface area contributed by atoms with Gasteiger partial charge in [-0.05, 0) is 46.6 Å². The predicted octanol–water partition coefficient (Wildman–Crippen LogP) is 1.58. The Balaban J connectivity index is 1.69. The molecule has 2 N–H and O–H groups in total. The predicted molar refractivity (Wildman–Crippen MR) is 79.9 cm³/mol. The molecule has 1 aliphatic heterocycles. The maximum Gasteiger partial charge on any atom is 0.133 e. The summed E-state index contributed by atoms with van der Waals surface area (Å²) in [7, 11) is 1.68. The maximum atomic E-state index is 5.42. The highest BCUT2D eigenvalue weighted by atomic mass is 79.9. The number of ether oxygens (including phenoxy) is 2. The molecule has 1 fully saturated rings. The lowest BCUT2D eigenvalue weighted by Crippen LogP contribution is -2.47. The van der Waals surface area contributed by atoms with Gasteiger partial charge in [0.1, 0.15) is 5.75 Å². The molecular weight excluding hydrogens is 308 g/mol. The molecule has 1 aliphatic rings. The summed E-state index contributed by atoms with van der Waals surface area (Å²) in [6.07, 6.45) is 1.01. The van der Waals surface area contributed by atoms with Gasteiger partial charge in [0.05, 0.1) is 24.8 Å². The molecule has 1 atom stereocenters. The number of halogens is 1. The van der Waals surface area contributed by atoms with E-state index in [1.165, 1.54) is 5.56 Å². The Hall–Kier alpha value is -0.620.